The summed E-state index contributed by atoms with van der Waals surface area (Å²) in [6, 6.07) is 93.6. The van der Waals surface area contributed by atoms with Gasteiger partial charge in [0.25, 0.3) is 0 Å². The monoisotopic (exact) mass is 880 g/mol. The van der Waals surface area contributed by atoms with Crippen LogP contribution >= 0.6 is 0 Å². The molecule has 0 aliphatic heterocycles. The standard InChI is InChI=1S/C67H48N2/c1-67(2)63-22-8-5-19-59(63)60-40-39-58(44-64(60)67)68(56-37-33-49(34-38-56)53-17-12-18-57(43-53)69-65-23-9-6-20-61(65)62-21-7-10-24-66(62)69)55-35-31-47(32-36-55)46-25-27-48(28-26-46)51-15-11-16-52(41-51)54-30-29-45-13-3-4-14-50(45)42-54/h3-44H,1-2H3. The van der Waals surface area contributed by atoms with Crippen LogP contribution in [0, 0.1) is 0 Å². The summed E-state index contributed by atoms with van der Waals surface area (Å²) in [6.45, 7) is 4.71. The molecule has 0 fully saturated rings. The zero-order valence-electron chi connectivity index (χ0n) is 38.6. The highest BCUT2D eigenvalue weighted by molar-refractivity contribution is 6.09. The fourth-order valence-electron chi connectivity index (χ4n) is 11.0. The molecule has 11 aromatic carbocycles. The number of hydrogen-bond donors (Lipinski definition) is 0. The van der Waals surface area contributed by atoms with Gasteiger partial charge in [-0.25, -0.2) is 0 Å². The summed E-state index contributed by atoms with van der Waals surface area (Å²) in [7, 11) is 0. The van der Waals surface area contributed by atoms with Crippen molar-refractivity contribution in [1.82, 2.24) is 4.57 Å². The van der Waals surface area contributed by atoms with Crippen molar-refractivity contribution in [3.05, 3.63) is 266 Å². The molecule has 0 N–H and O–H groups in total. The Bertz CT molecular complexity index is 3860. The number of hydrogen-bond acceptors (Lipinski definition) is 1. The van der Waals surface area contributed by atoms with E-state index < -0.39 is 0 Å². The maximum absolute atomic E-state index is 2.42. The third-order valence-corrected chi connectivity index (χ3v) is 14.6. The van der Waals surface area contributed by atoms with E-state index in [0.717, 1.165) is 22.7 Å². The van der Waals surface area contributed by atoms with Gasteiger partial charge in [0.1, 0.15) is 0 Å². The van der Waals surface area contributed by atoms with E-state index in [2.05, 4.69) is 278 Å². The van der Waals surface area contributed by atoms with E-state index in [4.69, 9.17) is 0 Å². The average Bonchev–Trinajstić information content (AvgIpc) is 3.87. The third kappa shape index (κ3) is 6.95. The van der Waals surface area contributed by atoms with E-state index in [1.807, 2.05) is 0 Å². The van der Waals surface area contributed by atoms with Gasteiger partial charge >= 0.3 is 0 Å². The molecule has 0 bridgehead atoms. The zero-order valence-corrected chi connectivity index (χ0v) is 38.6. The molecule has 0 radical (unpaired) electrons. The summed E-state index contributed by atoms with van der Waals surface area (Å²) in [4.78, 5) is 2.41. The average molecular weight is 881 g/mol. The second-order valence-corrected chi connectivity index (χ2v) is 19.0. The molecule has 0 saturated carbocycles. The van der Waals surface area contributed by atoms with Crippen molar-refractivity contribution >= 4 is 49.6 Å². The molecule has 13 rings (SSSR count). The van der Waals surface area contributed by atoms with E-state index in [1.54, 1.807) is 0 Å². The number of nitrogens with zero attached hydrogens (tertiary/aromatic N) is 2. The number of fused-ring (bicyclic) bond motifs is 7. The second-order valence-electron chi connectivity index (χ2n) is 19.0. The molecule has 326 valence electrons. The van der Waals surface area contributed by atoms with Gasteiger partial charge in [0.05, 0.1) is 11.0 Å². The second kappa shape index (κ2) is 16.3. The van der Waals surface area contributed by atoms with Gasteiger partial charge in [-0.15, -0.1) is 0 Å². The molecule has 1 aromatic heterocycles. The highest BCUT2D eigenvalue weighted by Crippen LogP contribution is 2.51. The van der Waals surface area contributed by atoms with Crippen LogP contribution in [0.1, 0.15) is 25.0 Å². The van der Waals surface area contributed by atoms with Crippen LogP contribution in [0.25, 0.3) is 93.9 Å². The lowest BCUT2D eigenvalue weighted by molar-refractivity contribution is 0.660. The lowest BCUT2D eigenvalue weighted by atomic mass is 9.82. The first-order chi connectivity index (χ1) is 33.9. The summed E-state index contributed by atoms with van der Waals surface area (Å²) < 4.78 is 2.39. The van der Waals surface area contributed by atoms with Crippen LogP contribution in [0.3, 0.4) is 0 Å². The third-order valence-electron chi connectivity index (χ3n) is 14.6. The van der Waals surface area contributed by atoms with Crippen molar-refractivity contribution in [2.75, 3.05) is 4.90 Å². The van der Waals surface area contributed by atoms with E-state index >= 15 is 0 Å². The predicted molar refractivity (Wildman–Crippen MR) is 292 cm³/mol. The van der Waals surface area contributed by atoms with Gasteiger partial charge in [-0.2, -0.15) is 0 Å². The molecule has 1 aliphatic rings. The van der Waals surface area contributed by atoms with Crippen LogP contribution in [-0.4, -0.2) is 4.57 Å². The molecular formula is C67H48N2. The Morgan fingerprint density at radius 1 is 0.304 bits per heavy atom. The SMILES string of the molecule is CC1(C)c2ccccc2-c2ccc(N(c3ccc(-c4ccc(-c5cccc(-c6ccc7ccccc7c6)c5)cc4)cc3)c3ccc(-c4cccc(-n5c6ccccc6c6ccccc65)c4)cc3)cc21. The summed E-state index contributed by atoms with van der Waals surface area (Å²) in [5.74, 6) is 0. The molecule has 0 atom stereocenters. The number of anilines is 3. The molecule has 0 saturated heterocycles. The Morgan fingerprint density at radius 3 is 1.43 bits per heavy atom. The number of para-hydroxylation sites is 2. The first-order valence-corrected chi connectivity index (χ1v) is 24.0. The zero-order chi connectivity index (χ0) is 46.1. The quantitative estimate of drug-likeness (QED) is 0.148. The molecule has 0 unspecified atom stereocenters. The Labute approximate surface area is 403 Å². The maximum atomic E-state index is 2.42. The van der Waals surface area contributed by atoms with Crippen molar-refractivity contribution in [3.8, 4) is 61.3 Å². The van der Waals surface area contributed by atoms with Crippen LogP contribution < -0.4 is 4.90 Å². The lowest BCUT2D eigenvalue weighted by Crippen LogP contribution is -2.16. The van der Waals surface area contributed by atoms with Crippen molar-refractivity contribution in [1.29, 1.82) is 0 Å². The van der Waals surface area contributed by atoms with Crippen molar-refractivity contribution in [3.63, 3.8) is 0 Å². The molecule has 69 heavy (non-hydrogen) atoms. The van der Waals surface area contributed by atoms with E-state index in [0.29, 0.717) is 0 Å². The molecule has 2 heteroatoms. The smallest absolute Gasteiger partial charge is 0.0541 e. The molecule has 1 aliphatic carbocycles. The maximum Gasteiger partial charge on any atom is 0.0541 e. The minimum Gasteiger partial charge on any atom is -0.310 e. The first-order valence-electron chi connectivity index (χ1n) is 24.0. The van der Waals surface area contributed by atoms with Crippen LogP contribution in [0.5, 0.6) is 0 Å². The number of aromatic nitrogens is 1. The van der Waals surface area contributed by atoms with E-state index in [-0.39, 0.29) is 5.41 Å². The Balaban J connectivity index is 0.835. The van der Waals surface area contributed by atoms with E-state index in [1.165, 1.54) is 99.3 Å². The van der Waals surface area contributed by atoms with Crippen LogP contribution in [-0.2, 0) is 5.41 Å². The van der Waals surface area contributed by atoms with Gasteiger partial charge in [-0.1, -0.05) is 196 Å². The van der Waals surface area contributed by atoms with Gasteiger partial charge in [0, 0.05) is 38.9 Å². The molecular weight excluding hydrogens is 833 g/mol. The van der Waals surface area contributed by atoms with Crippen LogP contribution in [0.15, 0.2) is 255 Å². The van der Waals surface area contributed by atoms with Gasteiger partial charge in [0.15, 0.2) is 0 Å². The fraction of sp³-hybridized carbons (Fsp3) is 0.0448. The predicted octanol–water partition coefficient (Wildman–Crippen LogP) is 18.4. The van der Waals surface area contributed by atoms with Crippen molar-refractivity contribution in [2.24, 2.45) is 0 Å². The number of rotatable bonds is 8. The Hall–Kier alpha value is -8.72. The normalized spacial score (nSPS) is 12.6. The van der Waals surface area contributed by atoms with Gasteiger partial charge < -0.3 is 9.47 Å². The molecule has 0 spiro atoms. The fourth-order valence-corrected chi connectivity index (χ4v) is 11.0. The molecule has 2 nitrogen and oxygen atoms in total. The summed E-state index contributed by atoms with van der Waals surface area (Å²) in [5.41, 5.74) is 21.8. The van der Waals surface area contributed by atoms with Crippen LogP contribution in [0.2, 0.25) is 0 Å². The summed E-state index contributed by atoms with van der Waals surface area (Å²) in [6.07, 6.45) is 0. The minimum absolute atomic E-state index is 0.118. The first kappa shape index (κ1) is 40.5. The molecule has 12 aromatic rings. The molecule has 0 amide bonds. The van der Waals surface area contributed by atoms with Gasteiger partial charge in [0.2, 0.25) is 0 Å². The van der Waals surface area contributed by atoms with Crippen LogP contribution in [0.4, 0.5) is 17.1 Å². The Morgan fingerprint density at radius 2 is 0.768 bits per heavy atom. The summed E-state index contributed by atoms with van der Waals surface area (Å²) >= 11 is 0. The Kier molecular flexibility index (Phi) is 9.55. The lowest BCUT2D eigenvalue weighted by Gasteiger charge is -2.28. The highest BCUT2D eigenvalue weighted by atomic mass is 15.1. The van der Waals surface area contributed by atoms with Gasteiger partial charge in [-0.3, -0.25) is 0 Å². The molecule has 1 heterocycles. The van der Waals surface area contributed by atoms with E-state index in [9.17, 15) is 0 Å². The highest BCUT2D eigenvalue weighted by Gasteiger charge is 2.35. The minimum atomic E-state index is -0.118. The van der Waals surface area contributed by atoms with Crippen molar-refractivity contribution in [2.45, 2.75) is 19.3 Å². The van der Waals surface area contributed by atoms with Gasteiger partial charge in [-0.05, 0) is 150 Å². The number of benzene rings is 11. The largest absolute Gasteiger partial charge is 0.310 e. The van der Waals surface area contributed by atoms with Crippen molar-refractivity contribution < 1.29 is 0 Å². The topological polar surface area (TPSA) is 8.17 Å². The summed E-state index contributed by atoms with van der Waals surface area (Å²) in [5, 5.41) is 5.05.